The molecule has 0 fully saturated rings. The van der Waals surface area contributed by atoms with E-state index >= 15 is 0 Å². The average Bonchev–Trinajstić information content (AvgIpc) is 2.29. The van der Waals surface area contributed by atoms with Gasteiger partial charge in [-0.3, -0.25) is 0 Å². The first kappa shape index (κ1) is 8.34. The highest BCUT2D eigenvalue weighted by Gasteiger charge is 2.20. The van der Waals surface area contributed by atoms with Gasteiger partial charge in [-0.25, -0.2) is 4.79 Å². The summed E-state index contributed by atoms with van der Waals surface area (Å²) in [6, 6.07) is 1.74. The molecule has 4 nitrogen and oxygen atoms in total. The van der Waals surface area contributed by atoms with Crippen molar-refractivity contribution >= 4 is 5.97 Å². The van der Waals surface area contributed by atoms with E-state index in [2.05, 4.69) is 0 Å². The zero-order valence-electron chi connectivity index (χ0n) is 6.87. The first-order chi connectivity index (χ1) is 5.63. The normalized spacial score (nSPS) is 18.6. The van der Waals surface area contributed by atoms with Crippen LogP contribution in [0.5, 0.6) is 0 Å². The Hall–Kier alpha value is -1.76. The lowest BCUT2D eigenvalue weighted by Crippen LogP contribution is -2.03. The molecule has 0 N–H and O–H groups in total. The van der Waals surface area contributed by atoms with E-state index in [0.29, 0.717) is 5.76 Å². The third-order valence-electron chi connectivity index (χ3n) is 1.22. The van der Waals surface area contributed by atoms with E-state index in [1.807, 2.05) is 0 Å². The number of ether oxygens (including phenoxy) is 1. The van der Waals surface area contributed by atoms with Gasteiger partial charge in [0.2, 0.25) is 0 Å². The molecule has 12 heavy (non-hydrogen) atoms. The Kier molecular flexibility index (Phi) is 2.15. The van der Waals surface area contributed by atoms with E-state index in [0.717, 1.165) is 0 Å². The number of allylic oxidation sites excluding steroid dienone is 1. The van der Waals surface area contributed by atoms with Crippen molar-refractivity contribution in [2.45, 2.75) is 0 Å². The van der Waals surface area contributed by atoms with Crippen LogP contribution in [-0.4, -0.2) is 25.0 Å². The molecule has 0 aliphatic carbocycles. The second-order valence-corrected chi connectivity index (χ2v) is 2.55. The predicted molar refractivity (Wildman–Crippen MR) is 41.6 cm³/mol. The van der Waals surface area contributed by atoms with Crippen molar-refractivity contribution in [2.75, 3.05) is 14.1 Å². The molecule has 1 heterocycles. The summed E-state index contributed by atoms with van der Waals surface area (Å²) in [6.45, 7) is 0. The highest BCUT2D eigenvalue weighted by Crippen LogP contribution is 2.15. The maximum Gasteiger partial charge on any atom is 0.354 e. The molecule has 0 radical (unpaired) electrons. The smallest absolute Gasteiger partial charge is 0.354 e. The Labute approximate surface area is 70.3 Å². The van der Waals surface area contributed by atoms with E-state index in [4.69, 9.17) is 10.00 Å². The summed E-state index contributed by atoms with van der Waals surface area (Å²) in [4.78, 5) is 12.6. The van der Waals surface area contributed by atoms with Gasteiger partial charge < -0.3 is 9.64 Å². The van der Waals surface area contributed by atoms with E-state index in [-0.39, 0.29) is 5.57 Å². The number of carbonyl (C=O) groups is 1. The lowest BCUT2D eigenvalue weighted by atomic mass is 10.3. The van der Waals surface area contributed by atoms with Crippen LogP contribution in [0.3, 0.4) is 0 Å². The number of esters is 1. The minimum Gasteiger partial charge on any atom is -0.421 e. The van der Waals surface area contributed by atoms with Crippen LogP contribution in [0.15, 0.2) is 23.6 Å². The number of carbonyl (C=O) groups excluding carboxylic acids is 1. The van der Waals surface area contributed by atoms with Crippen molar-refractivity contribution in [3.63, 3.8) is 0 Å². The topological polar surface area (TPSA) is 53.3 Å². The molecule has 0 aromatic heterocycles. The van der Waals surface area contributed by atoms with Gasteiger partial charge in [0.25, 0.3) is 0 Å². The highest BCUT2D eigenvalue weighted by atomic mass is 16.5. The minimum atomic E-state index is -0.578. The molecule has 1 aliphatic heterocycles. The van der Waals surface area contributed by atoms with Crippen LogP contribution in [0, 0.1) is 11.3 Å². The van der Waals surface area contributed by atoms with Crippen LogP contribution < -0.4 is 0 Å². The summed E-state index contributed by atoms with van der Waals surface area (Å²) in [5.74, 6) is -0.174. The SMILES string of the molecule is CN(C)C=C1C=C(C#N)C(=O)O1. The van der Waals surface area contributed by atoms with Crippen LogP contribution in [-0.2, 0) is 9.53 Å². The maximum atomic E-state index is 10.8. The molecular formula is C8H8N2O2. The number of nitriles is 1. The summed E-state index contributed by atoms with van der Waals surface area (Å²) in [5.41, 5.74) is 0.0445. The predicted octanol–water partition coefficient (Wildman–Crippen LogP) is 0.396. The van der Waals surface area contributed by atoms with Crippen LogP contribution in [0.2, 0.25) is 0 Å². The average molecular weight is 164 g/mol. The fourth-order valence-corrected chi connectivity index (χ4v) is 0.789. The largest absolute Gasteiger partial charge is 0.421 e. The van der Waals surface area contributed by atoms with Gasteiger partial charge in [-0.15, -0.1) is 0 Å². The molecule has 0 saturated carbocycles. The van der Waals surface area contributed by atoms with Gasteiger partial charge in [-0.05, 0) is 0 Å². The van der Waals surface area contributed by atoms with Gasteiger partial charge >= 0.3 is 5.97 Å². The fourth-order valence-electron chi connectivity index (χ4n) is 0.789. The first-order valence-corrected chi connectivity index (χ1v) is 3.35. The third kappa shape index (κ3) is 1.64. The second kappa shape index (κ2) is 3.09. The molecule has 0 aromatic rings. The van der Waals surface area contributed by atoms with Gasteiger partial charge in [0.05, 0.1) is 0 Å². The van der Waals surface area contributed by atoms with Crippen molar-refractivity contribution in [3.8, 4) is 6.07 Å². The Morgan fingerprint density at radius 1 is 1.67 bits per heavy atom. The summed E-state index contributed by atoms with van der Waals surface area (Å²) in [7, 11) is 3.61. The van der Waals surface area contributed by atoms with E-state index in [9.17, 15) is 4.79 Å². The second-order valence-electron chi connectivity index (χ2n) is 2.55. The number of hydrogen-bond acceptors (Lipinski definition) is 4. The number of nitrogens with zero attached hydrogens (tertiary/aromatic N) is 2. The van der Waals surface area contributed by atoms with Crippen molar-refractivity contribution < 1.29 is 9.53 Å². The Bertz CT molecular complexity index is 308. The van der Waals surface area contributed by atoms with Crippen molar-refractivity contribution in [1.29, 1.82) is 5.26 Å². The zero-order valence-corrected chi connectivity index (χ0v) is 6.87. The van der Waals surface area contributed by atoms with Gasteiger partial charge in [-0.1, -0.05) is 0 Å². The third-order valence-corrected chi connectivity index (χ3v) is 1.22. The fraction of sp³-hybridized carbons (Fsp3) is 0.250. The van der Waals surface area contributed by atoms with E-state index in [1.165, 1.54) is 6.08 Å². The van der Waals surface area contributed by atoms with E-state index in [1.54, 1.807) is 31.3 Å². The molecule has 0 spiro atoms. The molecule has 1 aliphatic rings. The molecule has 1 rings (SSSR count). The zero-order chi connectivity index (χ0) is 9.14. The summed E-state index contributed by atoms with van der Waals surface area (Å²) in [5, 5.41) is 8.43. The van der Waals surface area contributed by atoms with Crippen molar-refractivity contribution in [3.05, 3.63) is 23.6 Å². The quantitative estimate of drug-likeness (QED) is 0.526. The standard InChI is InChI=1S/C8H8N2O2/c1-10(2)5-7-3-6(4-9)8(11)12-7/h3,5H,1-2H3. The van der Waals surface area contributed by atoms with Gasteiger partial charge in [-0.2, -0.15) is 5.26 Å². The van der Waals surface area contributed by atoms with Crippen LogP contribution in [0.4, 0.5) is 0 Å². The lowest BCUT2D eigenvalue weighted by Gasteiger charge is -2.04. The molecule has 62 valence electrons. The Balaban J connectivity index is 2.85. The van der Waals surface area contributed by atoms with Crippen molar-refractivity contribution in [2.24, 2.45) is 0 Å². The highest BCUT2D eigenvalue weighted by molar-refractivity contribution is 5.96. The maximum absolute atomic E-state index is 10.8. The molecule has 0 atom stereocenters. The summed E-state index contributed by atoms with van der Waals surface area (Å²) in [6.07, 6.45) is 3.05. The molecule has 0 unspecified atom stereocenters. The minimum absolute atomic E-state index is 0.0445. The van der Waals surface area contributed by atoms with Crippen LogP contribution in [0.1, 0.15) is 0 Å². The summed E-state index contributed by atoms with van der Waals surface area (Å²) >= 11 is 0. The van der Waals surface area contributed by atoms with E-state index < -0.39 is 5.97 Å². The van der Waals surface area contributed by atoms with Gasteiger partial charge in [0, 0.05) is 26.4 Å². The molecular weight excluding hydrogens is 156 g/mol. The molecule has 0 saturated heterocycles. The van der Waals surface area contributed by atoms with Crippen molar-refractivity contribution in [1.82, 2.24) is 4.90 Å². The Morgan fingerprint density at radius 3 is 2.75 bits per heavy atom. The first-order valence-electron chi connectivity index (χ1n) is 3.35. The van der Waals surface area contributed by atoms with Crippen LogP contribution >= 0.6 is 0 Å². The summed E-state index contributed by atoms with van der Waals surface area (Å²) < 4.78 is 4.74. The van der Waals surface area contributed by atoms with Gasteiger partial charge in [0.1, 0.15) is 17.4 Å². The van der Waals surface area contributed by atoms with Gasteiger partial charge in [0.15, 0.2) is 0 Å². The monoisotopic (exact) mass is 164 g/mol. The lowest BCUT2D eigenvalue weighted by molar-refractivity contribution is -0.132. The Morgan fingerprint density at radius 2 is 2.33 bits per heavy atom. The molecule has 0 bridgehead atoms. The molecule has 0 amide bonds. The number of cyclic esters (lactones) is 1. The molecule has 0 aromatic carbocycles. The number of hydrogen-bond donors (Lipinski definition) is 0. The van der Waals surface area contributed by atoms with Crippen LogP contribution in [0.25, 0.3) is 0 Å². The number of rotatable bonds is 1. The molecule has 4 heteroatoms.